The molecule has 8 heteroatoms. The molecule has 1 aromatic heterocycles. The monoisotopic (exact) mass is 462 g/mol. The first kappa shape index (κ1) is 22.0. The van der Waals surface area contributed by atoms with Crippen LogP contribution >= 0.6 is 24.0 Å². The summed E-state index contributed by atoms with van der Waals surface area (Å²) in [5, 5.41) is 19.2. The molecule has 162 valence electrons. The first-order valence-electron chi connectivity index (χ1n) is 9.98. The highest BCUT2D eigenvalue weighted by Gasteiger charge is 2.33. The van der Waals surface area contributed by atoms with E-state index in [9.17, 15) is 9.90 Å². The van der Waals surface area contributed by atoms with E-state index in [4.69, 9.17) is 17.3 Å². The molecule has 1 aliphatic heterocycles. The van der Waals surface area contributed by atoms with Gasteiger partial charge in [-0.3, -0.25) is 14.4 Å². The fourth-order valence-electron chi connectivity index (χ4n) is 3.41. The Bertz CT molecular complexity index is 1190. The Kier molecular flexibility index (Phi) is 6.55. The molecule has 1 fully saturated rings. The van der Waals surface area contributed by atoms with Crippen LogP contribution in [0.15, 0.2) is 88.8 Å². The SMILES string of the molecule is C=CCN1C(=O)/C(=C/c2c(-c3ccccc3)nn(C)c2Sc2ccccc2)C(O)NC1=S. The third-order valence-corrected chi connectivity index (χ3v) is 6.46. The van der Waals surface area contributed by atoms with Crippen molar-refractivity contribution in [2.45, 2.75) is 16.1 Å². The summed E-state index contributed by atoms with van der Waals surface area (Å²) < 4.78 is 1.80. The molecule has 3 aromatic rings. The number of rotatable bonds is 6. The lowest BCUT2D eigenvalue weighted by Gasteiger charge is -2.32. The van der Waals surface area contributed by atoms with Gasteiger partial charge < -0.3 is 10.4 Å². The molecule has 1 saturated heterocycles. The number of benzene rings is 2. The number of aryl methyl sites for hydroxylation is 1. The number of carbonyl (C=O) groups is 1. The zero-order valence-electron chi connectivity index (χ0n) is 17.4. The molecule has 1 atom stereocenters. The fourth-order valence-corrected chi connectivity index (χ4v) is 4.64. The lowest BCUT2D eigenvalue weighted by atomic mass is 10.0. The van der Waals surface area contributed by atoms with Crippen LogP contribution in [0, 0.1) is 0 Å². The van der Waals surface area contributed by atoms with Crippen LogP contribution in [0.1, 0.15) is 5.56 Å². The number of aliphatic hydroxyl groups excluding tert-OH is 1. The average Bonchev–Trinajstić information content (AvgIpc) is 3.10. The summed E-state index contributed by atoms with van der Waals surface area (Å²) in [7, 11) is 1.87. The molecule has 0 spiro atoms. The summed E-state index contributed by atoms with van der Waals surface area (Å²) in [6.07, 6.45) is 2.09. The smallest absolute Gasteiger partial charge is 0.260 e. The second-order valence-corrected chi connectivity index (χ2v) is 8.58. The molecule has 32 heavy (non-hydrogen) atoms. The summed E-state index contributed by atoms with van der Waals surface area (Å²) in [5.41, 5.74) is 2.59. The zero-order chi connectivity index (χ0) is 22.7. The van der Waals surface area contributed by atoms with E-state index in [-0.39, 0.29) is 23.1 Å². The molecule has 0 aliphatic carbocycles. The van der Waals surface area contributed by atoms with E-state index in [1.807, 2.05) is 67.7 Å². The van der Waals surface area contributed by atoms with Gasteiger partial charge >= 0.3 is 0 Å². The van der Waals surface area contributed by atoms with Crippen molar-refractivity contribution in [3.8, 4) is 11.3 Å². The number of nitrogens with one attached hydrogen (secondary N) is 1. The predicted molar refractivity (Wildman–Crippen MR) is 131 cm³/mol. The Hall–Kier alpha value is -3.20. The van der Waals surface area contributed by atoms with Crippen molar-refractivity contribution >= 4 is 41.1 Å². The standard InChI is InChI=1S/C24H22N4O2S2/c1-3-14-28-22(30)19(21(29)25-24(28)31)15-18-20(16-10-6-4-7-11-16)26-27(2)23(18)32-17-12-8-5-9-13-17/h3-13,15,21,29H,1,14H2,2H3,(H,25,31)/b19-15+. The molecule has 2 aromatic carbocycles. The van der Waals surface area contributed by atoms with Crippen molar-refractivity contribution in [3.63, 3.8) is 0 Å². The molecule has 4 rings (SSSR count). The van der Waals surface area contributed by atoms with Gasteiger partial charge in [0, 0.05) is 29.6 Å². The van der Waals surface area contributed by atoms with E-state index in [1.165, 1.54) is 4.90 Å². The van der Waals surface area contributed by atoms with E-state index in [0.29, 0.717) is 0 Å². The third kappa shape index (κ3) is 4.38. The lowest BCUT2D eigenvalue weighted by Crippen LogP contribution is -2.55. The quantitative estimate of drug-likeness (QED) is 0.330. The maximum Gasteiger partial charge on any atom is 0.260 e. The van der Waals surface area contributed by atoms with Gasteiger partial charge in [-0.2, -0.15) is 5.10 Å². The number of nitrogens with zero attached hydrogens (tertiary/aromatic N) is 3. The van der Waals surface area contributed by atoms with Crippen LogP contribution in [0.3, 0.4) is 0 Å². The van der Waals surface area contributed by atoms with Crippen LogP contribution in [0.4, 0.5) is 0 Å². The van der Waals surface area contributed by atoms with Crippen molar-refractivity contribution in [1.82, 2.24) is 20.0 Å². The molecular formula is C24H22N4O2S2. The number of hydrogen-bond donors (Lipinski definition) is 2. The predicted octanol–water partition coefficient (Wildman–Crippen LogP) is 3.84. The Morgan fingerprint density at radius 1 is 1.19 bits per heavy atom. The Labute approximate surface area is 196 Å². The number of carbonyl (C=O) groups excluding carboxylic acids is 1. The van der Waals surface area contributed by atoms with E-state index in [0.717, 1.165) is 26.7 Å². The van der Waals surface area contributed by atoms with Crippen LogP contribution in [-0.2, 0) is 11.8 Å². The van der Waals surface area contributed by atoms with Crippen molar-refractivity contribution in [2.24, 2.45) is 7.05 Å². The van der Waals surface area contributed by atoms with Gasteiger partial charge in [-0.15, -0.1) is 6.58 Å². The van der Waals surface area contributed by atoms with Gasteiger partial charge in [0.2, 0.25) is 0 Å². The molecule has 2 N–H and O–H groups in total. The van der Waals surface area contributed by atoms with Crippen LogP contribution in [0.5, 0.6) is 0 Å². The second-order valence-electron chi connectivity index (χ2n) is 7.13. The highest BCUT2D eigenvalue weighted by Crippen LogP contribution is 2.37. The maximum atomic E-state index is 13.2. The van der Waals surface area contributed by atoms with Gasteiger partial charge in [0.1, 0.15) is 10.7 Å². The highest BCUT2D eigenvalue weighted by atomic mass is 32.2. The van der Waals surface area contributed by atoms with Gasteiger partial charge in [-0.05, 0) is 30.4 Å². The normalized spacial score (nSPS) is 17.5. The minimum Gasteiger partial charge on any atom is -0.369 e. The van der Waals surface area contributed by atoms with Crippen LogP contribution in [0.25, 0.3) is 17.3 Å². The molecule has 1 unspecified atom stereocenters. The van der Waals surface area contributed by atoms with Gasteiger partial charge in [0.25, 0.3) is 5.91 Å². The first-order chi connectivity index (χ1) is 15.5. The Morgan fingerprint density at radius 3 is 2.50 bits per heavy atom. The molecule has 6 nitrogen and oxygen atoms in total. The van der Waals surface area contributed by atoms with Gasteiger partial charge in [0.15, 0.2) is 11.3 Å². The van der Waals surface area contributed by atoms with Crippen LogP contribution in [0.2, 0.25) is 0 Å². The number of thiocarbonyl (C=S) groups is 1. The first-order valence-corrected chi connectivity index (χ1v) is 11.2. The average molecular weight is 463 g/mol. The number of hydrogen-bond acceptors (Lipinski definition) is 5. The van der Waals surface area contributed by atoms with Crippen LogP contribution < -0.4 is 5.32 Å². The minimum absolute atomic E-state index is 0.174. The highest BCUT2D eigenvalue weighted by molar-refractivity contribution is 7.99. The number of amides is 1. The molecule has 2 heterocycles. The number of aromatic nitrogens is 2. The Balaban J connectivity index is 1.86. The molecular weight excluding hydrogens is 440 g/mol. The fraction of sp³-hybridized carbons (Fsp3) is 0.125. The largest absolute Gasteiger partial charge is 0.369 e. The van der Waals surface area contributed by atoms with Crippen molar-refractivity contribution < 1.29 is 9.90 Å². The maximum absolute atomic E-state index is 13.2. The number of aliphatic hydroxyl groups is 1. The summed E-state index contributed by atoms with van der Waals surface area (Å²) in [6.45, 7) is 3.94. The molecule has 1 aliphatic rings. The topological polar surface area (TPSA) is 70.4 Å². The minimum atomic E-state index is -1.21. The summed E-state index contributed by atoms with van der Waals surface area (Å²) in [5.74, 6) is -0.361. The van der Waals surface area contributed by atoms with Gasteiger partial charge in [-0.25, -0.2) is 0 Å². The third-order valence-electron chi connectivity index (χ3n) is 4.94. The second kappa shape index (κ2) is 9.52. The molecule has 0 bridgehead atoms. The van der Waals surface area contributed by atoms with E-state index in [2.05, 4.69) is 11.9 Å². The van der Waals surface area contributed by atoms with Gasteiger partial charge in [0.05, 0.1) is 5.57 Å². The van der Waals surface area contributed by atoms with Crippen molar-refractivity contribution in [2.75, 3.05) is 6.54 Å². The molecule has 1 amide bonds. The van der Waals surface area contributed by atoms with E-state index < -0.39 is 6.23 Å². The van der Waals surface area contributed by atoms with E-state index >= 15 is 0 Å². The van der Waals surface area contributed by atoms with Crippen LogP contribution in [-0.4, -0.2) is 43.6 Å². The van der Waals surface area contributed by atoms with Crippen molar-refractivity contribution in [1.29, 1.82) is 0 Å². The van der Waals surface area contributed by atoms with Gasteiger partial charge in [-0.1, -0.05) is 66.4 Å². The lowest BCUT2D eigenvalue weighted by molar-refractivity contribution is -0.125. The molecule has 0 radical (unpaired) electrons. The zero-order valence-corrected chi connectivity index (χ0v) is 19.1. The van der Waals surface area contributed by atoms with E-state index in [1.54, 1.807) is 28.6 Å². The summed E-state index contributed by atoms with van der Waals surface area (Å²) >= 11 is 6.77. The van der Waals surface area contributed by atoms with Crippen molar-refractivity contribution in [3.05, 3.63) is 84.5 Å². The Morgan fingerprint density at radius 2 is 1.84 bits per heavy atom. The summed E-state index contributed by atoms with van der Waals surface area (Å²) in [4.78, 5) is 15.6. The molecule has 0 saturated carbocycles. The summed E-state index contributed by atoms with van der Waals surface area (Å²) in [6, 6.07) is 19.7.